The van der Waals surface area contributed by atoms with Crippen LogP contribution in [0.2, 0.25) is 0 Å². The molecule has 0 aliphatic heterocycles. The molecule has 0 aromatic carbocycles. The van der Waals surface area contributed by atoms with Crippen molar-refractivity contribution < 1.29 is 19.1 Å². The van der Waals surface area contributed by atoms with Crippen molar-refractivity contribution >= 4 is 17.7 Å². The lowest BCUT2D eigenvalue weighted by Gasteiger charge is -2.08. The predicted octanol–water partition coefficient (Wildman–Crippen LogP) is 2.31. The molecule has 0 aliphatic rings. The van der Waals surface area contributed by atoms with Crippen molar-refractivity contribution in [1.82, 2.24) is 10.3 Å². The Morgan fingerprint density at radius 1 is 1.38 bits per heavy atom. The van der Waals surface area contributed by atoms with Crippen LogP contribution in [0.15, 0.2) is 28.9 Å². The number of hydrogen-bond donors (Lipinski definition) is 3. The van der Waals surface area contributed by atoms with E-state index in [-0.39, 0.29) is 12.1 Å². The molecule has 0 unspecified atom stereocenters. The number of pyridine rings is 1. The molecule has 2 amide bonds. The summed E-state index contributed by atoms with van der Waals surface area (Å²) in [6.45, 7) is 3.51. The van der Waals surface area contributed by atoms with Crippen LogP contribution in [0.4, 0.5) is 10.5 Å². The lowest BCUT2D eigenvalue weighted by molar-refractivity contribution is 0.0695. The lowest BCUT2D eigenvalue weighted by Crippen LogP contribution is -2.28. The number of aromatic nitrogens is 1. The minimum absolute atomic E-state index is 0.0929. The number of anilines is 1. The van der Waals surface area contributed by atoms with Crippen molar-refractivity contribution in [2.24, 2.45) is 0 Å². The first-order valence-electron chi connectivity index (χ1n) is 6.25. The zero-order valence-electron chi connectivity index (χ0n) is 11.6. The summed E-state index contributed by atoms with van der Waals surface area (Å²) < 4.78 is 5.26. The van der Waals surface area contributed by atoms with Gasteiger partial charge in [-0.2, -0.15) is 0 Å². The van der Waals surface area contributed by atoms with Gasteiger partial charge in [-0.05, 0) is 31.5 Å². The van der Waals surface area contributed by atoms with Gasteiger partial charge in [0.15, 0.2) is 0 Å². The Bertz CT molecular complexity index is 679. The van der Waals surface area contributed by atoms with Gasteiger partial charge in [-0.1, -0.05) is 0 Å². The topological polar surface area (TPSA) is 104 Å². The summed E-state index contributed by atoms with van der Waals surface area (Å²) in [4.78, 5) is 26.6. The molecule has 0 bridgehead atoms. The largest absolute Gasteiger partial charge is 0.478 e. The quantitative estimate of drug-likeness (QED) is 0.801. The van der Waals surface area contributed by atoms with Crippen LogP contribution in [0.3, 0.4) is 0 Å². The highest BCUT2D eigenvalue weighted by Gasteiger charge is 2.14. The maximum atomic E-state index is 11.8. The number of hydrogen-bond acceptors (Lipinski definition) is 4. The first-order chi connectivity index (χ1) is 9.97. The average Bonchev–Trinajstić information content (AvgIpc) is 2.80. The maximum absolute atomic E-state index is 11.8. The number of carbonyl (C=O) groups excluding carboxylic acids is 1. The van der Waals surface area contributed by atoms with E-state index in [0.717, 1.165) is 5.56 Å². The van der Waals surface area contributed by atoms with E-state index in [2.05, 4.69) is 15.6 Å². The molecule has 110 valence electrons. The Morgan fingerprint density at radius 2 is 2.14 bits per heavy atom. The zero-order chi connectivity index (χ0) is 15.4. The average molecular weight is 289 g/mol. The van der Waals surface area contributed by atoms with Crippen LogP contribution in [0.25, 0.3) is 0 Å². The first kappa shape index (κ1) is 14.6. The van der Waals surface area contributed by atoms with Crippen molar-refractivity contribution in [1.29, 1.82) is 0 Å². The van der Waals surface area contributed by atoms with Gasteiger partial charge in [0.05, 0.1) is 18.4 Å². The predicted molar refractivity (Wildman–Crippen MR) is 75.2 cm³/mol. The Hall–Kier alpha value is -2.83. The molecule has 0 radical (unpaired) electrons. The highest BCUT2D eigenvalue weighted by atomic mass is 16.4. The molecule has 0 atom stereocenters. The summed E-state index contributed by atoms with van der Waals surface area (Å²) in [5.74, 6) is -0.372. The standard InChI is InChI=1S/C14H15N3O4/c1-8-3-4-15-7-12(8)17-14(20)16-6-10-5-11(13(18)19)9(2)21-10/h3-5,7H,6H2,1-2H3,(H,18,19)(H2,16,17,20). The minimum atomic E-state index is -1.06. The molecule has 7 nitrogen and oxygen atoms in total. The summed E-state index contributed by atoms with van der Waals surface area (Å²) in [7, 11) is 0. The third kappa shape index (κ3) is 3.59. The summed E-state index contributed by atoms with van der Waals surface area (Å²) in [6, 6.07) is 2.76. The molecule has 0 fully saturated rings. The van der Waals surface area contributed by atoms with Crippen LogP contribution >= 0.6 is 0 Å². The highest BCUT2D eigenvalue weighted by Crippen LogP contribution is 2.15. The number of aryl methyl sites for hydroxylation is 2. The number of nitrogens with zero attached hydrogens (tertiary/aromatic N) is 1. The van der Waals surface area contributed by atoms with Gasteiger partial charge in [0.25, 0.3) is 0 Å². The Kier molecular flexibility index (Phi) is 4.22. The van der Waals surface area contributed by atoms with E-state index in [1.54, 1.807) is 25.4 Å². The van der Waals surface area contributed by atoms with E-state index in [1.807, 2.05) is 6.92 Å². The zero-order valence-corrected chi connectivity index (χ0v) is 11.6. The van der Waals surface area contributed by atoms with Crippen LogP contribution in [0, 0.1) is 13.8 Å². The highest BCUT2D eigenvalue weighted by molar-refractivity contribution is 5.90. The summed E-state index contributed by atoms with van der Waals surface area (Å²) in [5.41, 5.74) is 1.59. The number of urea groups is 1. The third-order valence-corrected chi connectivity index (χ3v) is 2.91. The molecule has 2 aromatic rings. The van der Waals surface area contributed by atoms with Gasteiger partial charge in [0.2, 0.25) is 0 Å². The Labute approximate surface area is 121 Å². The second kappa shape index (κ2) is 6.08. The number of aromatic carboxylic acids is 1. The van der Waals surface area contributed by atoms with E-state index < -0.39 is 12.0 Å². The Morgan fingerprint density at radius 3 is 2.76 bits per heavy atom. The molecule has 0 aliphatic carbocycles. The second-order valence-electron chi connectivity index (χ2n) is 4.49. The van der Waals surface area contributed by atoms with E-state index >= 15 is 0 Å². The molecule has 2 heterocycles. The van der Waals surface area contributed by atoms with Gasteiger partial charge in [-0.3, -0.25) is 4.98 Å². The van der Waals surface area contributed by atoms with Crippen LogP contribution in [-0.4, -0.2) is 22.1 Å². The third-order valence-electron chi connectivity index (χ3n) is 2.91. The molecular formula is C14H15N3O4. The molecule has 0 saturated heterocycles. The first-order valence-corrected chi connectivity index (χ1v) is 6.25. The molecule has 2 aromatic heterocycles. The number of nitrogens with one attached hydrogen (secondary N) is 2. The molecule has 0 spiro atoms. The number of carboxylic acid groups (broad SMARTS) is 1. The van der Waals surface area contributed by atoms with Gasteiger partial charge in [-0.25, -0.2) is 9.59 Å². The SMILES string of the molecule is Cc1ccncc1NC(=O)NCc1cc(C(=O)O)c(C)o1. The van der Waals surface area contributed by atoms with E-state index in [9.17, 15) is 9.59 Å². The molecular weight excluding hydrogens is 274 g/mol. The van der Waals surface area contributed by atoms with E-state index in [0.29, 0.717) is 17.2 Å². The van der Waals surface area contributed by atoms with Gasteiger partial charge < -0.3 is 20.2 Å². The number of amides is 2. The number of rotatable bonds is 4. The van der Waals surface area contributed by atoms with E-state index in [1.165, 1.54) is 6.07 Å². The van der Waals surface area contributed by atoms with Crippen molar-refractivity contribution in [2.75, 3.05) is 5.32 Å². The fourth-order valence-electron chi connectivity index (χ4n) is 1.77. The minimum Gasteiger partial charge on any atom is -0.478 e. The van der Waals surface area contributed by atoms with Crippen LogP contribution in [0.5, 0.6) is 0 Å². The fraction of sp³-hybridized carbons (Fsp3) is 0.214. The summed E-state index contributed by atoms with van der Waals surface area (Å²) in [6.07, 6.45) is 3.19. The maximum Gasteiger partial charge on any atom is 0.339 e. The summed E-state index contributed by atoms with van der Waals surface area (Å²) >= 11 is 0. The van der Waals surface area contributed by atoms with Crippen LogP contribution < -0.4 is 10.6 Å². The van der Waals surface area contributed by atoms with Gasteiger partial charge in [-0.15, -0.1) is 0 Å². The smallest absolute Gasteiger partial charge is 0.339 e. The van der Waals surface area contributed by atoms with Gasteiger partial charge in [0.1, 0.15) is 17.1 Å². The normalized spacial score (nSPS) is 10.2. The fourth-order valence-corrected chi connectivity index (χ4v) is 1.77. The monoisotopic (exact) mass is 289 g/mol. The van der Waals surface area contributed by atoms with E-state index in [4.69, 9.17) is 9.52 Å². The number of carboxylic acids is 1. The molecule has 21 heavy (non-hydrogen) atoms. The molecule has 0 saturated carbocycles. The molecule has 7 heteroatoms. The Balaban J connectivity index is 1.94. The summed E-state index contributed by atoms with van der Waals surface area (Å²) in [5, 5.41) is 14.2. The number of furan rings is 1. The second-order valence-corrected chi connectivity index (χ2v) is 4.49. The lowest BCUT2D eigenvalue weighted by atomic mass is 10.2. The van der Waals surface area contributed by atoms with Crippen molar-refractivity contribution in [2.45, 2.75) is 20.4 Å². The van der Waals surface area contributed by atoms with Gasteiger partial charge in [0, 0.05) is 6.20 Å². The van der Waals surface area contributed by atoms with Gasteiger partial charge >= 0.3 is 12.0 Å². The van der Waals surface area contributed by atoms with Crippen molar-refractivity contribution in [3.8, 4) is 0 Å². The van der Waals surface area contributed by atoms with Crippen molar-refractivity contribution in [3.05, 3.63) is 47.2 Å². The molecule has 2 rings (SSSR count). The molecule has 3 N–H and O–H groups in total. The van der Waals surface area contributed by atoms with Crippen LogP contribution in [-0.2, 0) is 6.54 Å². The van der Waals surface area contributed by atoms with Crippen LogP contribution in [0.1, 0.15) is 27.4 Å². The van der Waals surface area contributed by atoms with Crippen molar-refractivity contribution in [3.63, 3.8) is 0 Å². The number of carbonyl (C=O) groups is 2.